The van der Waals surface area contributed by atoms with Crippen LogP contribution in [-0.2, 0) is 9.59 Å². The Hall–Kier alpha value is -3.15. The average molecular weight is 380 g/mol. The van der Waals surface area contributed by atoms with E-state index < -0.39 is 5.92 Å². The predicted octanol–water partition coefficient (Wildman–Crippen LogP) is 3.67. The first-order chi connectivity index (χ1) is 13.3. The van der Waals surface area contributed by atoms with E-state index in [0.29, 0.717) is 17.8 Å². The van der Waals surface area contributed by atoms with E-state index in [1.165, 1.54) is 6.92 Å². The number of amides is 2. The maximum atomic E-state index is 12.6. The van der Waals surface area contributed by atoms with Crippen molar-refractivity contribution in [3.8, 4) is 5.75 Å². The van der Waals surface area contributed by atoms with Gasteiger partial charge in [0, 0.05) is 29.9 Å². The van der Waals surface area contributed by atoms with Gasteiger partial charge >= 0.3 is 0 Å². The van der Waals surface area contributed by atoms with Crippen LogP contribution in [0.15, 0.2) is 48.5 Å². The Morgan fingerprint density at radius 1 is 1.14 bits per heavy atom. The van der Waals surface area contributed by atoms with Crippen LogP contribution in [0.3, 0.4) is 0 Å². The summed E-state index contributed by atoms with van der Waals surface area (Å²) in [5.74, 6) is -0.0835. The lowest BCUT2D eigenvalue weighted by Gasteiger charge is -2.18. The summed E-state index contributed by atoms with van der Waals surface area (Å²) in [6.07, 6.45) is 0.233. The minimum absolute atomic E-state index is 0.0665. The standard InChI is InChI=1S/C22H24N2O4/c1-14(2)28-20-9-7-19(8-10-20)24-13-17(12-21(24)26)22(27)23-18-6-4-5-16(11-18)15(3)25/h4-11,14,17H,12-13H2,1-3H3,(H,23,27)/t17-/m1/s1. The summed E-state index contributed by atoms with van der Waals surface area (Å²) in [6.45, 7) is 5.70. The van der Waals surface area contributed by atoms with Crippen molar-refractivity contribution in [3.05, 3.63) is 54.1 Å². The molecule has 0 aromatic heterocycles. The van der Waals surface area contributed by atoms with Crippen LogP contribution in [0.25, 0.3) is 0 Å². The number of ketones is 1. The number of ether oxygens (including phenoxy) is 1. The van der Waals surface area contributed by atoms with Crippen LogP contribution in [-0.4, -0.2) is 30.2 Å². The quantitative estimate of drug-likeness (QED) is 0.776. The van der Waals surface area contributed by atoms with Crippen LogP contribution in [0.5, 0.6) is 5.75 Å². The van der Waals surface area contributed by atoms with Gasteiger partial charge in [0.2, 0.25) is 11.8 Å². The average Bonchev–Trinajstić information content (AvgIpc) is 3.04. The molecule has 0 aliphatic carbocycles. The molecule has 1 atom stereocenters. The molecule has 1 saturated heterocycles. The molecule has 1 N–H and O–H groups in total. The second-order valence-electron chi connectivity index (χ2n) is 7.19. The topological polar surface area (TPSA) is 75.7 Å². The summed E-state index contributed by atoms with van der Waals surface area (Å²) in [5.41, 5.74) is 1.83. The maximum absolute atomic E-state index is 12.6. The molecule has 146 valence electrons. The molecule has 2 aromatic rings. The number of benzene rings is 2. The van der Waals surface area contributed by atoms with Gasteiger partial charge in [-0.05, 0) is 57.2 Å². The molecule has 0 spiro atoms. The molecule has 2 amide bonds. The number of rotatable bonds is 6. The van der Waals surface area contributed by atoms with Crippen LogP contribution < -0.4 is 15.0 Å². The van der Waals surface area contributed by atoms with Crippen molar-refractivity contribution >= 4 is 29.0 Å². The highest BCUT2D eigenvalue weighted by molar-refractivity contribution is 6.04. The van der Waals surface area contributed by atoms with E-state index in [1.807, 2.05) is 38.1 Å². The Morgan fingerprint density at radius 3 is 2.50 bits per heavy atom. The molecule has 0 saturated carbocycles. The molecular weight excluding hydrogens is 356 g/mol. The van der Waals surface area contributed by atoms with E-state index in [-0.39, 0.29) is 30.1 Å². The number of anilines is 2. The molecule has 28 heavy (non-hydrogen) atoms. The van der Waals surface area contributed by atoms with E-state index in [9.17, 15) is 14.4 Å². The summed E-state index contributed by atoms with van der Waals surface area (Å²) in [6, 6.07) is 14.1. The Balaban J connectivity index is 1.66. The normalized spacial score (nSPS) is 16.4. The molecule has 0 radical (unpaired) electrons. The highest BCUT2D eigenvalue weighted by Crippen LogP contribution is 2.28. The number of carbonyl (C=O) groups excluding carboxylic acids is 3. The van der Waals surface area contributed by atoms with Gasteiger partial charge in [-0.2, -0.15) is 0 Å². The molecule has 1 aliphatic heterocycles. The highest BCUT2D eigenvalue weighted by atomic mass is 16.5. The van der Waals surface area contributed by atoms with E-state index >= 15 is 0 Å². The third kappa shape index (κ3) is 4.57. The number of carbonyl (C=O) groups is 3. The zero-order valence-electron chi connectivity index (χ0n) is 16.3. The summed E-state index contributed by atoms with van der Waals surface area (Å²) in [5, 5.41) is 2.81. The second-order valence-corrected chi connectivity index (χ2v) is 7.19. The van der Waals surface area contributed by atoms with E-state index in [0.717, 1.165) is 11.4 Å². The fourth-order valence-electron chi connectivity index (χ4n) is 3.17. The molecular formula is C22H24N2O4. The summed E-state index contributed by atoms with van der Waals surface area (Å²) >= 11 is 0. The lowest BCUT2D eigenvalue weighted by atomic mass is 10.1. The maximum Gasteiger partial charge on any atom is 0.229 e. The Labute approximate surface area is 164 Å². The summed E-state index contributed by atoms with van der Waals surface area (Å²) in [4.78, 5) is 38.1. The molecule has 2 aromatic carbocycles. The van der Waals surface area contributed by atoms with E-state index in [1.54, 1.807) is 29.2 Å². The Kier molecular flexibility index (Phi) is 5.78. The Bertz CT molecular complexity index is 890. The lowest BCUT2D eigenvalue weighted by molar-refractivity contribution is -0.122. The van der Waals surface area contributed by atoms with Crippen molar-refractivity contribution in [2.45, 2.75) is 33.3 Å². The number of Topliss-reactive ketones (excluding diaryl/α,β-unsaturated/α-hetero) is 1. The van der Waals surface area contributed by atoms with Gasteiger partial charge in [0.1, 0.15) is 5.75 Å². The van der Waals surface area contributed by atoms with Crippen LogP contribution in [0.1, 0.15) is 37.6 Å². The predicted molar refractivity (Wildman–Crippen MR) is 108 cm³/mol. The van der Waals surface area contributed by atoms with Gasteiger partial charge in [-0.1, -0.05) is 12.1 Å². The van der Waals surface area contributed by atoms with Gasteiger partial charge in [0.15, 0.2) is 5.78 Å². The minimum Gasteiger partial charge on any atom is -0.491 e. The number of nitrogens with zero attached hydrogens (tertiary/aromatic N) is 1. The largest absolute Gasteiger partial charge is 0.491 e. The first-order valence-corrected chi connectivity index (χ1v) is 9.32. The van der Waals surface area contributed by atoms with Gasteiger partial charge in [-0.15, -0.1) is 0 Å². The Morgan fingerprint density at radius 2 is 1.86 bits per heavy atom. The zero-order valence-corrected chi connectivity index (χ0v) is 16.3. The monoisotopic (exact) mass is 380 g/mol. The molecule has 0 unspecified atom stereocenters. The highest BCUT2D eigenvalue weighted by Gasteiger charge is 2.35. The zero-order chi connectivity index (χ0) is 20.3. The minimum atomic E-state index is -0.444. The van der Waals surface area contributed by atoms with Gasteiger partial charge in [0.25, 0.3) is 0 Å². The van der Waals surface area contributed by atoms with Crippen LogP contribution >= 0.6 is 0 Å². The van der Waals surface area contributed by atoms with Gasteiger partial charge in [-0.3, -0.25) is 14.4 Å². The van der Waals surface area contributed by atoms with Crippen molar-refractivity contribution in [3.63, 3.8) is 0 Å². The van der Waals surface area contributed by atoms with Crippen molar-refractivity contribution in [2.75, 3.05) is 16.8 Å². The molecule has 1 heterocycles. The first-order valence-electron chi connectivity index (χ1n) is 9.32. The van der Waals surface area contributed by atoms with Crippen molar-refractivity contribution in [2.24, 2.45) is 5.92 Å². The fraction of sp³-hybridized carbons (Fsp3) is 0.318. The van der Waals surface area contributed by atoms with Gasteiger partial charge in [-0.25, -0.2) is 0 Å². The van der Waals surface area contributed by atoms with Crippen LogP contribution in [0, 0.1) is 5.92 Å². The molecule has 1 fully saturated rings. The summed E-state index contributed by atoms with van der Waals surface area (Å²) in [7, 11) is 0. The third-order valence-corrected chi connectivity index (χ3v) is 4.55. The summed E-state index contributed by atoms with van der Waals surface area (Å²) < 4.78 is 5.62. The van der Waals surface area contributed by atoms with Crippen molar-refractivity contribution < 1.29 is 19.1 Å². The molecule has 6 nitrogen and oxygen atoms in total. The molecule has 6 heteroatoms. The van der Waals surface area contributed by atoms with Crippen molar-refractivity contribution in [1.29, 1.82) is 0 Å². The molecule has 1 aliphatic rings. The third-order valence-electron chi connectivity index (χ3n) is 4.55. The second kappa shape index (κ2) is 8.25. The first kappa shape index (κ1) is 19.6. The van der Waals surface area contributed by atoms with Crippen LogP contribution in [0.2, 0.25) is 0 Å². The van der Waals surface area contributed by atoms with E-state index in [2.05, 4.69) is 5.32 Å². The lowest BCUT2D eigenvalue weighted by Crippen LogP contribution is -2.28. The van der Waals surface area contributed by atoms with Gasteiger partial charge in [0.05, 0.1) is 12.0 Å². The van der Waals surface area contributed by atoms with Crippen molar-refractivity contribution in [1.82, 2.24) is 0 Å². The fourth-order valence-corrected chi connectivity index (χ4v) is 3.17. The number of nitrogens with one attached hydrogen (secondary N) is 1. The number of hydrogen-bond acceptors (Lipinski definition) is 4. The van der Waals surface area contributed by atoms with Crippen LogP contribution in [0.4, 0.5) is 11.4 Å². The smallest absolute Gasteiger partial charge is 0.229 e. The van der Waals surface area contributed by atoms with E-state index in [4.69, 9.17) is 4.74 Å². The molecule has 3 rings (SSSR count). The number of hydrogen-bond donors (Lipinski definition) is 1. The molecule has 0 bridgehead atoms. The SMILES string of the molecule is CC(=O)c1cccc(NC(=O)[C@@H]2CC(=O)N(c3ccc(OC(C)C)cc3)C2)c1. The van der Waals surface area contributed by atoms with Gasteiger partial charge < -0.3 is 15.0 Å².